The Morgan fingerprint density at radius 3 is 2.73 bits per heavy atom. The number of ether oxygens (including phenoxy) is 1. The van der Waals surface area contributed by atoms with Gasteiger partial charge in [-0.1, -0.05) is 13.0 Å². The predicted molar refractivity (Wildman–Crippen MR) is 106 cm³/mol. The number of aliphatic hydroxyl groups excluding tert-OH is 1. The van der Waals surface area contributed by atoms with Crippen molar-refractivity contribution in [2.24, 2.45) is 0 Å². The molecule has 3 aromatic rings. The Bertz CT molecular complexity index is 1150. The van der Waals surface area contributed by atoms with Crippen LogP contribution in [0.2, 0.25) is 0 Å². The molecule has 1 amide bonds. The van der Waals surface area contributed by atoms with Gasteiger partial charge in [0.1, 0.15) is 11.5 Å². The zero-order valence-corrected chi connectivity index (χ0v) is 17.2. The fourth-order valence-corrected chi connectivity index (χ4v) is 3.26. The summed E-state index contributed by atoms with van der Waals surface area (Å²) in [6.45, 7) is 1.83. The molecule has 1 aliphatic heterocycles. The quantitative estimate of drug-likeness (QED) is 0.533. The first-order chi connectivity index (χ1) is 15.7. The summed E-state index contributed by atoms with van der Waals surface area (Å²) < 4.78 is 59.3. The lowest BCUT2D eigenvalue weighted by atomic mass is 10.1. The van der Waals surface area contributed by atoms with E-state index in [1.165, 1.54) is 23.1 Å². The van der Waals surface area contributed by atoms with Gasteiger partial charge in [0.25, 0.3) is 6.36 Å². The number of aryl methyl sites for hydroxylation is 1. The van der Waals surface area contributed by atoms with E-state index >= 15 is 0 Å². The monoisotopic (exact) mass is 466 g/mol. The van der Waals surface area contributed by atoms with Crippen LogP contribution in [0.4, 0.5) is 28.0 Å². The van der Waals surface area contributed by atoms with Gasteiger partial charge in [-0.3, -0.25) is 9.88 Å². The van der Waals surface area contributed by atoms with E-state index in [1.807, 2.05) is 6.92 Å². The lowest BCUT2D eigenvalue weighted by Gasteiger charge is -2.21. The molecule has 4 rings (SSSR count). The fraction of sp³-hybridized carbons (Fsp3) is 0.350. The van der Waals surface area contributed by atoms with Gasteiger partial charge in [-0.15, -0.1) is 10.2 Å². The molecule has 9 nitrogen and oxygen atoms in total. The number of cyclic esters (lactones) is 1. The Hall–Kier alpha value is -3.61. The number of carbonyl (C=O) groups is 1. The average molecular weight is 466 g/mol. The number of halogens is 4. The summed E-state index contributed by atoms with van der Waals surface area (Å²) in [4.78, 5) is 18.4. The molecule has 13 heteroatoms. The highest BCUT2D eigenvalue weighted by molar-refractivity contribution is 5.90. The van der Waals surface area contributed by atoms with Crippen molar-refractivity contribution in [3.8, 4) is 22.6 Å². The molecule has 1 N–H and O–H groups in total. The van der Waals surface area contributed by atoms with Gasteiger partial charge in [0.2, 0.25) is 5.82 Å². The summed E-state index contributed by atoms with van der Waals surface area (Å²) in [6, 6.07) is 6.85. The third-order valence-corrected chi connectivity index (χ3v) is 5.00. The Morgan fingerprint density at radius 1 is 1.30 bits per heavy atom. The van der Waals surface area contributed by atoms with E-state index in [-0.39, 0.29) is 11.3 Å². The molecule has 0 aliphatic carbocycles. The SMILES string of the molecule is CCCn1nnc(-c2ccc(-c3ccc(N4C[C@H](C(F)(F)[C@H](O)F)OC4=O)cc3F)cn2)n1. The molecule has 0 unspecified atom stereocenters. The molecule has 2 atom stereocenters. The first kappa shape index (κ1) is 22.6. The summed E-state index contributed by atoms with van der Waals surface area (Å²) in [5.41, 5.74) is 0.945. The van der Waals surface area contributed by atoms with Gasteiger partial charge in [0.15, 0.2) is 6.10 Å². The summed E-state index contributed by atoms with van der Waals surface area (Å²) in [5.74, 6) is -4.72. The highest BCUT2D eigenvalue weighted by atomic mass is 19.3. The Labute approximate surface area is 184 Å². The normalized spacial score (nSPS) is 17.3. The number of carbonyl (C=O) groups excluding carboxylic acids is 1. The number of tetrazole rings is 1. The van der Waals surface area contributed by atoms with Gasteiger partial charge in [0, 0.05) is 17.3 Å². The van der Waals surface area contributed by atoms with Crippen LogP contribution in [0.15, 0.2) is 36.5 Å². The second-order valence-electron chi connectivity index (χ2n) is 7.30. The van der Waals surface area contributed by atoms with E-state index in [0.29, 0.717) is 23.6 Å². The van der Waals surface area contributed by atoms with Crippen molar-refractivity contribution < 1.29 is 32.2 Å². The Kier molecular flexibility index (Phi) is 5.97. The average Bonchev–Trinajstić information content (AvgIpc) is 3.41. The van der Waals surface area contributed by atoms with Crippen molar-refractivity contribution in [3.63, 3.8) is 0 Å². The first-order valence-corrected chi connectivity index (χ1v) is 9.93. The fourth-order valence-electron chi connectivity index (χ4n) is 3.26. The molecular weight excluding hydrogens is 448 g/mol. The number of aromatic nitrogens is 5. The minimum absolute atomic E-state index is 0.0609. The first-order valence-electron chi connectivity index (χ1n) is 9.93. The van der Waals surface area contributed by atoms with E-state index in [9.17, 15) is 22.4 Å². The number of pyridine rings is 1. The maximum absolute atomic E-state index is 14.8. The standard InChI is InChI=1S/C20H18F4N6O3/c1-2-7-30-27-17(26-28-30)15-6-3-11(9-25-15)13-5-4-12(8-14(13)21)29-10-16(33-19(29)32)20(23,24)18(22)31/h3-6,8-9,16,18,31H,2,7,10H2,1H3/t16-,18+/m1/s1. The summed E-state index contributed by atoms with van der Waals surface area (Å²) in [5, 5.41) is 20.6. The zero-order chi connectivity index (χ0) is 23.8. The van der Waals surface area contributed by atoms with Gasteiger partial charge in [-0.2, -0.15) is 13.6 Å². The number of anilines is 1. The van der Waals surface area contributed by atoms with E-state index in [2.05, 4.69) is 25.1 Å². The molecule has 0 saturated carbocycles. The molecule has 2 aromatic heterocycles. The van der Waals surface area contributed by atoms with Crippen LogP contribution in [0.1, 0.15) is 13.3 Å². The minimum Gasteiger partial charge on any atom is -0.437 e. The summed E-state index contributed by atoms with van der Waals surface area (Å²) >= 11 is 0. The third kappa shape index (κ3) is 4.35. The van der Waals surface area contributed by atoms with Crippen LogP contribution in [0, 0.1) is 5.82 Å². The van der Waals surface area contributed by atoms with Crippen molar-refractivity contribution in [2.75, 3.05) is 11.4 Å². The van der Waals surface area contributed by atoms with Crippen molar-refractivity contribution in [1.29, 1.82) is 0 Å². The number of alkyl halides is 3. The number of hydrogen-bond donors (Lipinski definition) is 1. The molecule has 0 radical (unpaired) electrons. The maximum atomic E-state index is 14.8. The molecule has 1 aromatic carbocycles. The topological polar surface area (TPSA) is 106 Å². The Balaban J connectivity index is 1.52. The van der Waals surface area contributed by atoms with Crippen LogP contribution >= 0.6 is 0 Å². The molecule has 0 bridgehead atoms. The number of aliphatic hydroxyl groups is 1. The predicted octanol–water partition coefficient (Wildman–Crippen LogP) is 3.20. The largest absolute Gasteiger partial charge is 0.437 e. The molecule has 1 aliphatic rings. The van der Waals surface area contributed by atoms with Crippen molar-refractivity contribution in [2.45, 2.75) is 38.3 Å². The highest BCUT2D eigenvalue weighted by Gasteiger charge is 2.54. The van der Waals surface area contributed by atoms with Crippen LogP contribution in [0.5, 0.6) is 0 Å². The second kappa shape index (κ2) is 8.73. The van der Waals surface area contributed by atoms with Crippen LogP contribution in [0.25, 0.3) is 22.6 Å². The van der Waals surface area contributed by atoms with Crippen LogP contribution in [0.3, 0.4) is 0 Å². The molecule has 3 heterocycles. The second-order valence-corrected chi connectivity index (χ2v) is 7.30. The van der Waals surface area contributed by atoms with Crippen molar-refractivity contribution >= 4 is 11.8 Å². The summed E-state index contributed by atoms with van der Waals surface area (Å²) in [7, 11) is 0. The molecule has 0 spiro atoms. The van der Waals surface area contributed by atoms with E-state index in [1.54, 1.807) is 12.1 Å². The van der Waals surface area contributed by atoms with E-state index < -0.39 is 36.8 Å². The van der Waals surface area contributed by atoms with Crippen LogP contribution < -0.4 is 4.90 Å². The van der Waals surface area contributed by atoms with Gasteiger partial charge < -0.3 is 9.84 Å². The van der Waals surface area contributed by atoms with Crippen molar-refractivity contribution in [1.82, 2.24) is 25.2 Å². The molecule has 33 heavy (non-hydrogen) atoms. The van der Waals surface area contributed by atoms with Crippen LogP contribution in [-0.4, -0.2) is 61.3 Å². The molecule has 1 fully saturated rings. The zero-order valence-electron chi connectivity index (χ0n) is 17.2. The maximum Gasteiger partial charge on any atom is 0.414 e. The van der Waals surface area contributed by atoms with Gasteiger partial charge in [0.05, 0.1) is 18.8 Å². The number of rotatable bonds is 7. The number of amides is 1. The molecule has 174 valence electrons. The summed E-state index contributed by atoms with van der Waals surface area (Å²) in [6.07, 6.45) is -4.67. The lowest BCUT2D eigenvalue weighted by Crippen LogP contribution is -2.44. The van der Waals surface area contributed by atoms with E-state index in [4.69, 9.17) is 5.11 Å². The highest BCUT2D eigenvalue weighted by Crippen LogP contribution is 2.34. The smallest absolute Gasteiger partial charge is 0.414 e. The number of benzene rings is 1. The molecule has 1 saturated heterocycles. The Morgan fingerprint density at radius 2 is 2.09 bits per heavy atom. The van der Waals surface area contributed by atoms with Gasteiger partial charge in [-0.25, -0.2) is 13.6 Å². The number of nitrogens with zero attached hydrogens (tertiary/aromatic N) is 6. The van der Waals surface area contributed by atoms with E-state index in [0.717, 1.165) is 17.4 Å². The van der Waals surface area contributed by atoms with Gasteiger partial charge >= 0.3 is 12.0 Å². The number of hydrogen-bond acceptors (Lipinski definition) is 7. The lowest BCUT2D eigenvalue weighted by molar-refractivity contribution is -0.209. The van der Waals surface area contributed by atoms with Crippen molar-refractivity contribution in [3.05, 3.63) is 42.3 Å². The van der Waals surface area contributed by atoms with Gasteiger partial charge in [-0.05, 0) is 35.9 Å². The van der Waals surface area contributed by atoms with Crippen LogP contribution in [-0.2, 0) is 11.3 Å². The molecular formula is C20H18F4N6O3. The third-order valence-electron chi connectivity index (χ3n) is 5.00. The minimum atomic E-state index is -4.30.